The van der Waals surface area contributed by atoms with E-state index in [1.54, 1.807) is 13.0 Å². The lowest BCUT2D eigenvalue weighted by Gasteiger charge is -2.28. The van der Waals surface area contributed by atoms with Gasteiger partial charge >= 0.3 is 12.1 Å². The topological polar surface area (TPSA) is 46.5 Å². The molecule has 0 fully saturated rings. The monoisotopic (exact) mass is 290 g/mol. The van der Waals surface area contributed by atoms with Crippen molar-refractivity contribution in [2.24, 2.45) is 0 Å². The van der Waals surface area contributed by atoms with Crippen LogP contribution in [0.5, 0.6) is 5.75 Å². The van der Waals surface area contributed by atoms with Crippen LogP contribution in [0.4, 0.5) is 13.2 Å². The van der Waals surface area contributed by atoms with Gasteiger partial charge in [0.05, 0.1) is 5.57 Å². The molecule has 0 aromatic heterocycles. The smallest absolute Gasteiger partial charge is 0.430 e. The van der Waals surface area contributed by atoms with E-state index in [-0.39, 0.29) is 11.3 Å². The number of carboxylic acid groups (broad SMARTS) is 1. The number of carboxylic acids is 1. The Labute approximate surface area is 112 Å². The van der Waals surface area contributed by atoms with Crippen LogP contribution >= 0.6 is 12.6 Å². The molecule has 2 rings (SSSR count). The first kappa shape index (κ1) is 13.8. The SMILES string of the molecule is Cc1cc(S)cc2c1O[C@H](C(F)(F)F)C(C(=O)O)=C2. The molecule has 1 aliphatic rings. The van der Waals surface area contributed by atoms with Gasteiger partial charge in [-0.1, -0.05) is 0 Å². The summed E-state index contributed by atoms with van der Waals surface area (Å²) >= 11 is 4.09. The fourth-order valence-corrected chi connectivity index (χ4v) is 2.22. The van der Waals surface area contributed by atoms with Crippen molar-refractivity contribution in [1.82, 2.24) is 0 Å². The number of hydrogen-bond acceptors (Lipinski definition) is 3. The summed E-state index contributed by atoms with van der Waals surface area (Å²) in [5.41, 5.74) is -0.0846. The van der Waals surface area contributed by atoms with Crippen molar-refractivity contribution >= 4 is 24.7 Å². The molecule has 0 spiro atoms. The van der Waals surface area contributed by atoms with Crippen molar-refractivity contribution in [2.45, 2.75) is 24.1 Å². The van der Waals surface area contributed by atoms with Crippen molar-refractivity contribution in [3.05, 3.63) is 28.8 Å². The Hall–Kier alpha value is -1.63. The van der Waals surface area contributed by atoms with E-state index in [9.17, 15) is 18.0 Å². The third-order valence-electron chi connectivity index (χ3n) is 2.66. The highest BCUT2D eigenvalue weighted by Crippen LogP contribution is 2.39. The number of rotatable bonds is 1. The van der Waals surface area contributed by atoms with Crippen LogP contribution in [0.15, 0.2) is 22.6 Å². The summed E-state index contributed by atoms with van der Waals surface area (Å²) in [7, 11) is 0. The van der Waals surface area contributed by atoms with E-state index in [0.29, 0.717) is 10.5 Å². The Bertz CT molecular complexity index is 578. The lowest BCUT2D eigenvalue weighted by molar-refractivity contribution is -0.187. The lowest BCUT2D eigenvalue weighted by Crippen LogP contribution is -2.40. The zero-order valence-corrected chi connectivity index (χ0v) is 10.5. The fourth-order valence-electron chi connectivity index (χ4n) is 1.89. The van der Waals surface area contributed by atoms with Gasteiger partial charge in [-0.25, -0.2) is 4.79 Å². The number of hydrogen-bond donors (Lipinski definition) is 2. The highest BCUT2D eigenvalue weighted by atomic mass is 32.1. The third-order valence-corrected chi connectivity index (χ3v) is 2.92. The van der Waals surface area contributed by atoms with Gasteiger partial charge in [-0.3, -0.25) is 0 Å². The Morgan fingerprint density at radius 3 is 2.58 bits per heavy atom. The van der Waals surface area contributed by atoms with E-state index in [4.69, 9.17) is 9.84 Å². The van der Waals surface area contributed by atoms with Crippen LogP contribution in [0.2, 0.25) is 0 Å². The standard InChI is InChI=1S/C12H9F3O3S/c1-5-2-7(19)3-6-4-8(11(16)17)10(12(13,14)15)18-9(5)6/h2-4,10,19H,1H3,(H,16,17)/t10-/m0/s1. The second-order valence-electron chi connectivity index (χ2n) is 4.13. The maximum absolute atomic E-state index is 12.8. The summed E-state index contributed by atoms with van der Waals surface area (Å²) in [6, 6.07) is 3.01. The maximum Gasteiger partial charge on any atom is 0.430 e. The van der Waals surface area contributed by atoms with Crippen LogP contribution in [0.3, 0.4) is 0 Å². The summed E-state index contributed by atoms with van der Waals surface area (Å²) < 4.78 is 43.3. The number of carbonyl (C=O) groups is 1. The Kier molecular flexibility index (Phi) is 3.25. The third kappa shape index (κ3) is 2.56. The van der Waals surface area contributed by atoms with Crippen molar-refractivity contribution in [3.63, 3.8) is 0 Å². The molecule has 1 heterocycles. The number of thiol groups is 1. The van der Waals surface area contributed by atoms with Crippen LogP contribution in [0.1, 0.15) is 11.1 Å². The zero-order chi connectivity index (χ0) is 14.4. The van der Waals surface area contributed by atoms with Gasteiger partial charge in [-0.2, -0.15) is 13.2 Å². The number of benzene rings is 1. The minimum atomic E-state index is -4.78. The molecule has 0 saturated carbocycles. The molecule has 0 amide bonds. The minimum absolute atomic E-state index is 0.0325. The number of aliphatic carboxylic acids is 1. The normalized spacial score (nSPS) is 18.4. The van der Waals surface area contributed by atoms with Gasteiger partial charge in [-0.05, 0) is 30.7 Å². The molecular weight excluding hydrogens is 281 g/mol. The first-order valence-corrected chi connectivity index (χ1v) is 5.66. The molecular formula is C12H9F3O3S. The molecule has 3 nitrogen and oxygen atoms in total. The average Bonchev–Trinajstić information content (AvgIpc) is 2.25. The van der Waals surface area contributed by atoms with E-state index in [1.165, 1.54) is 6.07 Å². The van der Waals surface area contributed by atoms with Gasteiger partial charge in [0.2, 0.25) is 6.10 Å². The molecule has 0 unspecified atom stereocenters. The fraction of sp³-hybridized carbons (Fsp3) is 0.250. The number of fused-ring (bicyclic) bond motifs is 1. The number of ether oxygens (including phenoxy) is 1. The van der Waals surface area contributed by atoms with E-state index in [2.05, 4.69) is 12.6 Å². The highest BCUT2D eigenvalue weighted by Gasteiger charge is 2.48. The van der Waals surface area contributed by atoms with Crippen molar-refractivity contribution < 1.29 is 27.8 Å². The maximum atomic E-state index is 12.8. The summed E-state index contributed by atoms with van der Waals surface area (Å²) in [4.78, 5) is 11.4. The quantitative estimate of drug-likeness (QED) is 0.781. The van der Waals surface area contributed by atoms with Crippen LogP contribution in [0.25, 0.3) is 6.08 Å². The van der Waals surface area contributed by atoms with Crippen molar-refractivity contribution in [2.75, 3.05) is 0 Å². The summed E-state index contributed by atoms with van der Waals surface area (Å²) in [5.74, 6) is -1.62. The molecule has 1 aliphatic heterocycles. The van der Waals surface area contributed by atoms with Crippen LogP contribution in [0, 0.1) is 6.92 Å². The van der Waals surface area contributed by atoms with Gasteiger partial charge in [0.15, 0.2) is 0 Å². The summed E-state index contributed by atoms with van der Waals surface area (Å²) in [6.07, 6.45) is -6.26. The van der Waals surface area contributed by atoms with Gasteiger partial charge < -0.3 is 9.84 Å². The summed E-state index contributed by atoms with van der Waals surface area (Å²) in [6.45, 7) is 1.57. The predicted octanol–water partition coefficient (Wildman–Crippen LogP) is 3.08. The van der Waals surface area contributed by atoms with Gasteiger partial charge in [0, 0.05) is 10.5 Å². The molecule has 19 heavy (non-hydrogen) atoms. The van der Waals surface area contributed by atoms with Gasteiger partial charge in [0.1, 0.15) is 5.75 Å². The lowest BCUT2D eigenvalue weighted by atomic mass is 9.99. The van der Waals surface area contributed by atoms with E-state index in [1.807, 2.05) is 0 Å². The zero-order valence-electron chi connectivity index (χ0n) is 9.65. The van der Waals surface area contributed by atoms with Gasteiger partial charge in [0.25, 0.3) is 0 Å². The van der Waals surface area contributed by atoms with Crippen molar-refractivity contribution in [1.29, 1.82) is 0 Å². The van der Waals surface area contributed by atoms with E-state index >= 15 is 0 Å². The second kappa shape index (κ2) is 4.48. The molecule has 0 radical (unpaired) electrons. The average molecular weight is 290 g/mol. The van der Waals surface area contributed by atoms with E-state index in [0.717, 1.165) is 6.08 Å². The van der Waals surface area contributed by atoms with Crippen LogP contribution < -0.4 is 4.74 Å². The minimum Gasteiger partial charge on any atom is -0.478 e. The second-order valence-corrected chi connectivity index (χ2v) is 4.64. The predicted molar refractivity (Wildman–Crippen MR) is 64.5 cm³/mol. The van der Waals surface area contributed by atoms with Crippen LogP contribution in [-0.2, 0) is 4.79 Å². The largest absolute Gasteiger partial charge is 0.478 e. The first-order valence-electron chi connectivity index (χ1n) is 5.22. The van der Waals surface area contributed by atoms with Gasteiger partial charge in [-0.15, -0.1) is 12.6 Å². The Morgan fingerprint density at radius 2 is 2.05 bits per heavy atom. The molecule has 102 valence electrons. The number of halogens is 3. The van der Waals surface area contributed by atoms with Crippen molar-refractivity contribution in [3.8, 4) is 5.75 Å². The summed E-state index contributed by atoms with van der Waals surface area (Å²) in [5, 5.41) is 8.87. The molecule has 0 saturated heterocycles. The Morgan fingerprint density at radius 1 is 1.42 bits per heavy atom. The molecule has 7 heteroatoms. The number of aryl methyl sites for hydroxylation is 1. The Balaban J connectivity index is 2.61. The first-order chi connectivity index (χ1) is 8.70. The number of alkyl halides is 3. The molecule has 0 aliphatic carbocycles. The molecule has 1 N–H and O–H groups in total. The molecule has 1 atom stereocenters. The molecule has 1 aromatic rings. The molecule has 0 bridgehead atoms. The van der Waals surface area contributed by atoms with Crippen LogP contribution in [-0.4, -0.2) is 23.4 Å². The highest BCUT2D eigenvalue weighted by molar-refractivity contribution is 7.80. The molecule has 1 aromatic carbocycles. The van der Waals surface area contributed by atoms with E-state index < -0.39 is 23.8 Å².